The maximum Gasteiger partial charge on any atom is 0.145 e. The van der Waals surface area contributed by atoms with Gasteiger partial charge in [0.2, 0.25) is 0 Å². The van der Waals surface area contributed by atoms with Crippen LogP contribution in [0.5, 0.6) is 0 Å². The molecule has 0 saturated heterocycles. The number of nitrogens with two attached hydrogens (primary N) is 1. The zero-order valence-electron chi connectivity index (χ0n) is 9.67. The van der Waals surface area contributed by atoms with Crippen LogP contribution in [0.3, 0.4) is 0 Å². The van der Waals surface area contributed by atoms with Crippen LogP contribution in [0.4, 0.5) is 5.69 Å². The molecule has 2 heterocycles. The third-order valence-electron chi connectivity index (χ3n) is 3.38. The molecule has 2 N–H and O–H groups in total. The molecular formula is C15H11N3. The minimum Gasteiger partial charge on any atom is -0.399 e. The lowest BCUT2D eigenvalue weighted by atomic mass is 10.1. The lowest BCUT2D eigenvalue weighted by molar-refractivity contribution is 1.27. The number of anilines is 1. The van der Waals surface area contributed by atoms with E-state index in [2.05, 4.69) is 33.7 Å². The number of hydrogen-bond acceptors (Lipinski definition) is 2. The first-order valence-electron chi connectivity index (χ1n) is 5.87. The molecule has 4 rings (SSSR count). The molecule has 0 radical (unpaired) electrons. The molecular weight excluding hydrogens is 222 g/mol. The molecule has 86 valence electrons. The molecule has 0 aliphatic heterocycles. The van der Waals surface area contributed by atoms with Crippen molar-refractivity contribution in [1.82, 2.24) is 9.38 Å². The number of fused-ring (bicyclic) bond motifs is 6. The number of benzene rings is 2. The number of aromatic nitrogens is 2. The Kier molecular flexibility index (Phi) is 1.70. The monoisotopic (exact) mass is 233 g/mol. The van der Waals surface area contributed by atoms with Gasteiger partial charge in [-0.2, -0.15) is 0 Å². The number of hydrogen-bond donors (Lipinski definition) is 1. The summed E-state index contributed by atoms with van der Waals surface area (Å²) in [5, 5.41) is 3.58. The van der Waals surface area contributed by atoms with Gasteiger partial charge in [-0.15, -0.1) is 0 Å². The Morgan fingerprint density at radius 2 is 1.78 bits per heavy atom. The van der Waals surface area contributed by atoms with Crippen LogP contribution in [0, 0.1) is 0 Å². The largest absolute Gasteiger partial charge is 0.399 e. The van der Waals surface area contributed by atoms with Gasteiger partial charge in [0.1, 0.15) is 5.65 Å². The highest BCUT2D eigenvalue weighted by molar-refractivity contribution is 6.12. The summed E-state index contributed by atoms with van der Waals surface area (Å²) in [5.41, 5.74) is 8.74. The molecule has 3 nitrogen and oxygen atoms in total. The molecule has 0 fully saturated rings. The molecule has 2 aromatic heterocycles. The van der Waals surface area contributed by atoms with Crippen LogP contribution in [0.25, 0.3) is 27.3 Å². The van der Waals surface area contributed by atoms with E-state index in [0.717, 1.165) is 16.9 Å². The van der Waals surface area contributed by atoms with Crippen LogP contribution < -0.4 is 5.73 Å². The van der Waals surface area contributed by atoms with E-state index >= 15 is 0 Å². The number of rotatable bonds is 0. The Bertz CT molecular complexity index is 890. The van der Waals surface area contributed by atoms with E-state index in [1.165, 1.54) is 16.2 Å². The highest BCUT2D eigenvalue weighted by atomic mass is 15.0. The van der Waals surface area contributed by atoms with Crippen LogP contribution in [-0.4, -0.2) is 9.38 Å². The third-order valence-corrected chi connectivity index (χ3v) is 3.38. The van der Waals surface area contributed by atoms with E-state index in [9.17, 15) is 0 Å². The van der Waals surface area contributed by atoms with Crippen molar-refractivity contribution in [2.45, 2.75) is 0 Å². The molecule has 0 aliphatic carbocycles. The minimum atomic E-state index is 0.771. The molecule has 0 bridgehead atoms. The van der Waals surface area contributed by atoms with E-state index in [4.69, 9.17) is 5.73 Å². The molecule has 18 heavy (non-hydrogen) atoms. The molecule has 0 atom stereocenters. The Hall–Kier alpha value is -2.55. The van der Waals surface area contributed by atoms with Gasteiger partial charge >= 0.3 is 0 Å². The fraction of sp³-hybridized carbons (Fsp3) is 0. The molecule has 0 unspecified atom stereocenters. The Balaban J connectivity index is 2.44. The van der Waals surface area contributed by atoms with E-state index < -0.39 is 0 Å². The average Bonchev–Trinajstić information content (AvgIpc) is 2.88. The Labute approximate surface area is 103 Å². The van der Waals surface area contributed by atoms with Gasteiger partial charge in [0.15, 0.2) is 0 Å². The summed E-state index contributed by atoms with van der Waals surface area (Å²) in [4.78, 5) is 4.45. The predicted molar refractivity (Wildman–Crippen MR) is 74.6 cm³/mol. The van der Waals surface area contributed by atoms with Crippen molar-refractivity contribution in [1.29, 1.82) is 0 Å². The third kappa shape index (κ3) is 1.10. The Morgan fingerprint density at radius 1 is 0.944 bits per heavy atom. The van der Waals surface area contributed by atoms with Gasteiger partial charge in [-0.25, -0.2) is 4.98 Å². The summed E-state index contributed by atoms with van der Waals surface area (Å²) in [7, 11) is 0. The molecule has 0 aliphatic rings. The molecule has 0 spiro atoms. The standard InChI is InChI=1S/C15H11N3/c16-10-5-6-12-11-3-1-2-4-13(11)15-17-7-8-18(15)14(12)9-10/h1-9H,16H2. The first-order valence-corrected chi connectivity index (χ1v) is 5.87. The Morgan fingerprint density at radius 3 is 2.67 bits per heavy atom. The second-order valence-electron chi connectivity index (χ2n) is 4.44. The van der Waals surface area contributed by atoms with Gasteiger partial charge in [0.25, 0.3) is 0 Å². The number of nitrogens with zero attached hydrogens (tertiary/aromatic N) is 2. The zero-order valence-corrected chi connectivity index (χ0v) is 9.67. The lowest BCUT2D eigenvalue weighted by Crippen LogP contribution is -1.92. The SMILES string of the molecule is Nc1ccc2c3ccccc3c3nccn3c2c1. The smallest absolute Gasteiger partial charge is 0.145 e. The van der Waals surface area contributed by atoms with E-state index in [1.54, 1.807) is 0 Å². The van der Waals surface area contributed by atoms with Crippen LogP contribution in [0.15, 0.2) is 54.9 Å². The van der Waals surface area contributed by atoms with E-state index in [1.807, 2.05) is 30.6 Å². The second kappa shape index (κ2) is 3.23. The van der Waals surface area contributed by atoms with Gasteiger partial charge in [-0.05, 0) is 17.5 Å². The molecule has 2 aromatic carbocycles. The summed E-state index contributed by atoms with van der Waals surface area (Å²) < 4.78 is 2.09. The van der Waals surface area contributed by atoms with Gasteiger partial charge in [-0.1, -0.05) is 30.3 Å². The summed E-state index contributed by atoms with van der Waals surface area (Å²) in [5.74, 6) is 0. The van der Waals surface area contributed by atoms with Gasteiger partial charge in [0, 0.05) is 28.9 Å². The maximum atomic E-state index is 5.89. The highest BCUT2D eigenvalue weighted by Gasteiger charge is 2.08. The average molecular weight is 233 g/mol. The predicted octanol–water partition coefficient (Wildman–Crippen LogP) is 3.22. The number of imidazole rings is 1. The quantitative estimate of drug-likeness (QED) is 0.374. The summed E-state index contributed by atoms with van der Waals surface area (Å²) >= 11 is 0. The van der Waals surface area contributed by atoms with Crippen molar-refractivity contribution in [2.75, 3.05) is 5.73 Å². The second-order valence-corrected chi connectivity index (χ2v) is 4.44. The summed E-state index contributed by atoms with van der Waals surface area (Å²) in [6.45, 7) is 0. The molecule has 0 amide bonds. The van der Waals surface area contributed by atoms with E-state index in [-0.39, 0.29) is 0 Å². The molecule has 0 saturated carbocycles. The van der Waals surface area contributed by atoms with Crippen LogP contribution in [-0.2, 0) is 0 Å². The fourth-order valence-electron chi connectivity index (χ4n) is 2.59. The van der Waals surface area contributed by atoms with Crippen LogP contribution in [0.1, 0.15) is 0 Å². The van der Waals surface area contributed by atoms with Crippen molar-refractivity contribution in [3.8, 4) is 0 Å². The minimum absolute atomic E-state index is 0.771. The van der Waals surface area contributed by atoms with Crippen LogP contribution >= 0.6 is 0 Å². The van der Waals surface area contributed by atoms with Gasteiger partial charge < -0.3 is 5.73 Å². The first kappa shape index (κ1) is 9.48. The fourth-order valence-corrected chi connectivity index (χ4v) is 2.59. The van der Waals surface area contributed by atoms with Crippen molar-refractivity contribution in [3.05, 3.63) is 54.9 Å². The topological polar surface area (TPSA) is 43.3 Å². The van der Waals surface area contributed by atoms with Crippen molar-refractivity contribution in [3.63, 3.8) is 0 Å². The molecule has 3 heteroatoms. The van der Waals surface area contributed by atoms with Crippen molar-refractivity contribution < 1.29 is 0 Å². The van der Waals surface area contributed by atoms with Gasteiger partial charge in [-0.3, -0.25) is 4.40 Å². The number of nitrogen functional groups attached to an aromatic ring is 1. The summed E-state index contributed by atoms with van der Waals surface area (Å²) in [6.07, 6.45) is 3.80. The number of pyridine rings is 1. The highest BCUT2D eigenvalue weighted by Crippen LogP contribution is 2.29. The van der Waals surface area contributed by atoms with Crippen LogP contribution in [0.2, 0.25) is 0 Å². The first-order chi connectivity index (χ1) is 8.84. The lowest BCUT2D eigenvalue weighted by Gasteiger charge is -2.08. The normalized spacial score (nSPS) is 11.6. The molecule has 4 aromatic rings. The van der Waals surface area contributed by atoms with Crippen molar-refractivity contribution in [2.24, 2.45) is 0 Å². The maximum absolute atomic E-state index is 5.89. The summed E-state index contributed by atoms with van der Waals surface area (Å²) in [6, 6.07) is 14.3. The van der Waals surface area contributed by atoms with Crippen molar-refractivity contribution >= 4 is 33.0 Å². The van der Waals surface area contributed by atoms with Gasteiger partial charge in [0.05, 0.1) is 5.52 Å². The zero-order chi connectivity index (χ0) is 12.1. The van der Waals surface area contributed by atoms with E-state index in [0.29, 0.717) is 0 Å².